The zero-order valence-corrected chi connectivity index (χ0v) is 9.06. The van der Waals surface area contributed by atoms with Crippen molar-refractivity contribution in [2.75, 3.05) is 6.61 Å². The molecular weight excluding hydrogens is 192 g/mol. The van der Waals surface area contributed by atoms with Gasteiger partial charge in [0.1, 0.15) is 5.75 Å². The number of Topliss-reactive ketones (excluding diaryl/α,β-unsaturated/α-hetero) is 1. The van der Waals surface area contributed by atoms with Crippen LogP contribution < -0.4 is 10.5 Å². The minimum Gasteiger partial charge on any atom is -0.492 e. The van der Waals surface area contributed by atoms with Gasteiger partial charge in [0.2, 0.25) is 0 Å². The largest absolute Gasteiger partial charge is 0.492 e. The third-order valence-corrected chi connectivity index (χ3v) is 2.09. The van der Waals surface area contributed by atoms with Crippen molar-refractivity contribution >= 4 is 5.78 Å². The number of ether oxygens (including phenoxy) is 1. The van der Waals surface area contributed by atoms with Crippen molar-refractivity contribution in [3.63, 3.8) is 0 Å². The zero-order chi connectivity index (χ0) is 11.3. The van der Waals surface area contributed by atoms with Crippen molar-refractivity contribution in [2.45, 2.75) is 26.3 Å². The van der Waals surface area contributed by atoms with E-state index in [-0.39, 0.29) is 5.78 Å². The molecule has 1 atom stereocenters. The standard InChI is InChI=1S/C11H16N2O2/c1-3-10(12)11(14)8-5-9(15-4-2)7-13-6-8/h5-7,10H,3-4,12H2,1-2H3. The Kier molecular flexibility index (Phi) is 4.24. The lowest BCUT2D eigenvalue weighted by Gasteiger charge is -2.08. The average molecular weight is 208 g/mol. The minimum atomic E-state index is -0.455. The minimum absolute atomic E-state index is 0.0912. The Bertz CT molecular complexity index is 339. The Balaban J connectivity index is 2.85. The van der Waals surface area contributed by atoms with Crippen LogP contribution in [0, 0.1) is 0 Å². The van der Waals surface area contributed by atoms with Crippen molar-refractivity contribution in [1.82, 2.24) is 4.98 Å². The molecule has 0 radical (unpaired) electrons. The van der Waals surface area contributed by atoms with E-state index in [4.69, 9.17) is 10.5 Å². The fourth-order valence-electron chi connectivity index (χ4n) is 1.20. The van der Waals surface area contributed by atoms with Gasteiger partial charge in [-0.25, -0.2) is 0 Å². The number of pyridine rings is 1. The Labute approximate surface area is 89.5 Å². The Hall–Kier alpha value is -1.42. The lowest BCUT2D eigenvalue weighted by molar-refractivity contribution is 0.0958. The number of ketones is 1. The maximum Gasteiger partial charge on any atom is 0.181 e. The van der Waals surface area contributed by atoms with E-state index >= 15 is 0 Å². The summed E-state index contributed by atoms with van der Waals surface area (Å²) in [6.45, 7) is 4.31. The van der Waals surface area contributed by atoms with Crippen LogP contribution in [0.3, 0.4) is 0 Å². The summed E-state index contributed by atoms with van der Waals surface area (Å²) in [4.78, 5) is 15.7. The normalized spacial score (nSPS) is 12.2. The van der Waals surface area contributed by atoms with Crippen LogP contribution in [0.15, 0.2) is 18.5 Å². The molecule has 1 rings (SSSR count). The van der Waals surface area contributed by atoms with Crippen molar-refractivity contribution in [1.29, 1.82) is 0 Å². The molecule has 0 bridgehead atoms. The van der Waals surface area contributed by atoms with Crippen molar-refractivity contribution in [3.8, 4) is 5.75 Å². The fourth-order valence-corrected chi connectivity index (χ4v) is 1.20. The van der Waals surface area contributed by atoms with E-state index < -0.39 is 6.04 Å². The van der Waals surface area contributed by atoms with E-state index in [9.17, 15) is 4.79 Å². The maximum absolute atomic E-state index is 11.7. The lowest BCUT2D eigenvalue weighted by atomic mass is 10.1. The number of carbonyl (C=O) groups is 1. The first kappa shape index (κ1) is 11.7. The van der Waals surface area contributed by atoms with Gasteiger partial charge in [0, 0.05) is 11.8 Å². The Morgan fingerprint density at radius 2 is 2.27 bits per heavy atom. The number of nitrogens with zero attached hydrogens (tertiary/aromatic N) is 1. The van der Waals surface area contributed by atoms with E-state index in [0.717, 1.165) is 0 Å². The van der Waals surface area contributed by atoms with Crippen LogP contribution in [0.2, 0.25) is 0 Å². The van der Waals surface area contributed by atoms with Gasteiger partial charge >= 0.3 is 0 Å². The van der Waals surface area contributed by atoms with Gasteiger partial charge in [-0.1, -0.05) is 6.92 Å². The molecule has 1 unspecified atom stereocenters. The van der Waals surface area contributed by atoms with Gasteiger partial charge < -0.3 is 10.5 Å². The SMILES string of the molecule is CCOc1cncc(C(=O)C(N)CC)c1. The number of nitrogens with two attached hydrogens (primary N) is 1. The third-order valence-electron chi connectivity index (χ3n) is 2.09. The van der Waals surface area contributed by atoms with Gasteiger partial charge in [-0.15, -0.1) is 0 Å². The van der Waals surface area contributed by atoms with E-state index in [1.807, 2.05) is 13.8 Å². The molecule has 1 aromatic heterocycles. The van der Waals surface area contributed by atoms with Crippen molar-refractivity contribution < 1.29 is 9.53 Å². The highest BCUT2D eigenvalue weighted by atomic mass is 16.5. The van der Waals surface area contributed by atoms with Crippen LogP contribution >= 0.6 is 0 Å². The monoisotopic (exact) mass is 208 g/mol. The number of carbonyl (C=O) groups excluding carboxylic acids is 1. The summed E-state index contributed by atoms with van der Waals surface area (Å²) >= 11 is 0. The first-order valence-electron chi connectivity index (χ1n) is 5.06. The summed E-state index contributed by atoms with van der Waals surface area (Å²) in [5.41, 5.74) is 6.16. The van der Waals surface area contributed by atoms with Crippen LogP contribution in [0.25, 0.3) is 0 Å². The molecule has 2 N–H and O–H groups in total. The molecule has 0 aliphatic carbocycles. The highest BCUT2D eigenvalue weighted by Crippen LogP contribution is 2.12. The molecule has 0 saturated heterocycles. The van der Waals surface area contributed by atoms with Gasteiger partial charge in [-0.3, -0.25) is 9.78 Å². The number of hydrogen-bond donors (Lipinski definition) is 1. The first-order valence-corrected chi connectivity index (χ1v) is 5.06. The molecule has 0 aliphatic rings. The number of hydrogen-bond acceptors (Lipinski definition) is 4. The molecule has 15 heavy (non-hydrogen) atoms. The van der Waals surface area contributed by atoms with Crippen LogP contribution in [0.1, 0.15) is 30.6 Å². The molecule has 0 spiro atoms. The summed E-state index contributed by atoms with van der Waals surface area (Å²) in [5.74, 6) is 0.512. The highest BCUT2D eigenvalue weighted by molar-refractivity contribution is 5.99. The third kappa shape index (κ3) is 3.02. The fraction of sp³-hybridized carbons (Fsp3) is 0.455. The summed E-state index contributed by atoms with van der Waals surface area (Å²) in [6.07, 6.45) is 3.72. The smallest absolute Gasteiger partial charge is 0.181 e. The zero-order valence-electron chi connectivity index (χ0n) is 9.06. The second-order valence-corrected chi connectivity index (χ2v) is 3.22. The van der Waals surface area contributed by atoms with Crippen LogP contribution in [0.5, 0.6) is 5.75 Å². The Morgan fingerprint density at radius 3 is 2.87 bits per heavy atom. The predicted molar refractivity (Wildman–Crippen MR) is 58.0 cm³/mol. The maximum atomic E-state index is 11.7. The summed E-state index contributed by atoms with van der Waals surface area (Å²) in [6, 6.07) is 1.22. The molecule has 0 fully saturated rings. The van der Waals surface area contributed by atoms with Crippen LogP contribution in [-0.4, -0.2) is 23.4 Å². The van der Waals surface area contributed by atoms with Gasteiger partial charge in [0.15, 0.2) is 5.78 Å². The Morgan fingerprint density at radius 1 is 1.53 bits per heavy atom. The molecule has 0 amide bonds. The molecule has 1 aromatic rings. The van der Waals surface area contributed by atoms with Crippen LogP contribution in [-0.2, 0) is 0 Å². The van der Waals surface area contributed by atoms with E-state index in [2.05, 4.69) is 4.98 Å². The summed E-state index contributed by atoms with van der Waals surface area (Å²) in [7, 11) is 0. The highest BCUT2D eigenvalue weighted by Gasteiger charge is 2.14. The van der Waals surface area contributed by atoms with E-state index in [0.29, 0.717) is 24.3 Å². The van der Waals surface area contributed by atoms with Gasteiger partial charge in [-0.2, -0.15) is 0 Å². The van der Waals surface area contributed by atoms with Gasteiger partial charge in [-0.05, 0) is 19.4 Å². The first-order chi connectivity index (χ1) is 7.19. The molecule has 4 heteroatoms. The van der Waals surface area contributed by atoms with Crippen LogP contribution in [0.4, 0.5) is 0 Å². The topological polar surface area (TPSA) is 65.2 Å². The molecule has 0 aromatic carbocycles. The molecule has 1 heterocycles. The summed E-state index contributed by atoms with van der Waals surface area (Å²) in [5, 5.41) is 0. The molecule has 0 saturated carbocycles. The average Bonchev–Trinajstić information content (AvgIpc) is 2.28. The summed E-state index contributed by atoms with van der Waals surface area (Å²) < 4.78 is 5.25. The van der Waals surface area contributed by atoms with Gasteiger partial charge in [0.25, 0.3) is 0 Å². The van der Waals surface area contributed by atoms with Crippen molar-refractivity contribution in [3.05, 3.63) is 24.0 Å². The number of aromatic nitrogens is 1. The molecule has 4 nitrogen and oxygen atoms in total. The van der Waals surface area contributed by atoms with Gasteiger partial charge in [0.05, 0.1) is 18.8 Å². The van der Waals surface area contributed by atoms with Crippen molar-refractivity contribution in [2.24, 2.45) is 5.73 Å². The quantitative estimate of drug-likeness (QED) is 0.743. The lowest BCUT2D eigenvalue weighted by Crippen LogP contribution is -2.29. The second-order valence-electron chi connectivity index (χ2n) is 3.22. The molecule has 82 valence electrons. The number of rotatable bonds is 5. The predicted octanol–water partition coefficient (Wildman–Crippen LogP) is 1.40. The molecular formula is C11H16N2O2. The molecule has 0 aliphatic heterocycles. The van der Waals surface area contributed by atoms with E-state index in [1.165, 1.54) is 6.20 Å². The van der Waals surface area contributed by atoms with E-state index in [1.54, 1.807) is 12.3 Å². The second kappa shape index (κ2) is 5.46.